The van der Waals surface area contributed by atoms with Gasteiger partial charge in [0.25, 0.3) is 5.69 Å². The highest BCUT2D eigenvalue weighted by molar-refractivity contribution is 5.87. The minimum atomic E-state index is -0.389. The third kappa shape index (κ3) is 2.55. The van der Waals surface area contributed by atoms with Crippen molar-refractivity contribution in [2.45, 2.75) is 6.54 Å². The summed E-state index contributed by atoms with van der Waals surface area (Å²) in [6.07, 6.45) is 1.70. The molecule has 0 saturated heterocycles. The number of aromatic nitrogens is 2. The van der Waals surface area contributed by atoms with E-state index < -0.39 is 0 Å². The molecule has 1 aromatic heterocycles. The maximum absolute atomic E-state index is 11.0. The molecule has 6 heteroatoms. The molecule has 0 aliphatic carbocycles. The standard InChI is InChI=1S/C15H13N3O3/c1-21-12-5-2-4-11(8-12)9-17-10-13-14(16-17)6-3-7-15(13)18(19)20/h2-8,10H,9H2,1H3. The summed E-state index contributed by atoms with van der Waals surface area (Å²) in [5.41, 5.74) is 1.71. The predicted octanol–water partition coefficient (Wildman–Crippen LogP) is 3.00. The van der Waals surface area contributed by atoms with E-state index in [2.05, 4.69) is 5.10 Å². The van der Waals surface area contributed by atoms with Crippen LogP contribution in [0.3, 0.4) is 0 Å². The molecular formula is C15H13N3O3. The van der Waals surface area contributed by atoms with Gasteiger partial charge >= 0.3 is 0 Å². The Morgan fingerprint density at radius 2 is 2.10 bits per heavy atom. The van der Waals surface area contributed by atoms with Crippen LogP contribution in [0.15, 0.2) is 48.7 Å². The molecule has 0 bridgehead atoms. The van der Waals surface area contributed by atoms with Crippen LogP contribution in [0.25, 0.3) is 10.9 Å². The molecule has 0 fully saturated rings. The molecule has 0 aliphatic heterocycles. The molecule has 0 spiro atoms. The molecule has 3 rings (SSSR count). The second kappa shape index (κ2) is 5.24. The Labute approximate surface area is 120 Å². The number of ether oxygens (including phenoxy) is 1. The molecule has 0 N–H and O–H groups in total. The van der Waals surface area contributed by atoms with Gasteiger partial charge in [-0.2, -0.15) is 5.10 Å². The molecule has 3 aromatic rings. The minimum absolute atomic E-state index is 0.0735. The Morgan fingerprint density at radius 3 is 2.86 bits per heavy atom. The lowest BCUT2D eigenvalue weighted by Gasteiger charge is -2.04. The van der Waals surface area contributed by atoms with E-state index in [0.29, 0.717) is 17.4 Å². The summed E-state index contributed by atoms with van der Waals surface area (Å²) in [6.45, 7) is 0.531. The Hall–Kier alpha value is -2.89. The van der Waals surface area contributed by atoms with Crippen molar-refractivity contribution < 1.29 is 9.66 Å². The monoisotopic (exact) mass is 283 g/mol. The molecule has 0 saturated carbocycles. The molecule has 21 heavy (non-hydrogen) atoms. The third-order valence-electron chi connectivity index (χ3n) is 3.25. The Kier molecular flexibility index (Phi) is 3.27. The van der Waals surface area contributed by atoms with Crippen LogP contribution in [0.5, 0.6) is 5.75 Å². The highest BCUT2D eigenvalue weighted by Crippen LogP contribution is 2.24. The largest absolute Gasteiger partial charge is 0.497 e. The van der Waals surface area contributed by atoms with Crippen LogP contribution in [-0.2, 0) is 6.54 Å². The number of benzene rings is 2. The van der Waals surface area contributed by atoms with Gasteiger partial charge in [-0.25, -0.2) is 0 Å². The van der Waals surface area contributed by atoms with Crippen LogP contribution >= 0.6 is 0 Å². The van der Waals surface area contributed by atoms with Crippen molar-refractivity contribution in [1.82, 2.24) is 9.78 Å². The summed E-state index contributed by atoms with van der Waals surface area (Å²) in [6, 6.07) is 12.5. The van der Waals surface area contributed by atoms with E-state index in [9.17, 15) is 10.1 Å². The van der Waals surface area contributed by atoms with Crippen molar-refractivity contribution in [1.29, 1.82) is 0 Å². The number of nitrogens with zero attached hydrogens (tertiary/aromatic N) is 3. The van der Waals surface area contributed by atoms with Gasteiger partial charge in [0.1, 0.15) is 5.75 Å². The van der Waals surface area contributed by atoms with Crippen LogP contribution in [-0.4, -0.2) is 21.8 Å². The fourth-order valence-corrected chi connectivity index (χ4v) is 2.27. The van der Waals surface area contributed by atoms with Crippen molar-refractivity contribution in [2.24, 2.45) is 0 Å². The molecule has 2 aromatic carbocycles. The van der Waals surface area contributed by atoms with E-state index in [-0.39, 0.29) is 10.6 Å². The molecule has 0 unspecified atom stereocenters. The maximum atomic E-state index is 11.0. The van der Waals surface area contributed by atoms with Gasteiger partial charge in [0, 0.05) is 12.3 Å². The number of rotatable bonds is 4. The van der Waals surface area contributed by atoms with Crippen LogP contribution < -0.4 is 4.74 Å². The fourth-order valence-electron chi connectivity index (χ4n) is 2.27. The fraction of sp³-hybridized carbons (Fsp3) is 0.133. The van der Waals surface area contributed by atoms with Crippen molar-refractivity contribution in [2.75, 3.05) is 7.11 Å². The summed E-state index contributed by atoms with van der Waals surface area (Å²) in [7, 11) is 1.62. The van der Waals surface area contributed by atoms with Gasteiger partial charge in [-0.1, -0.05) is 18.2 Å². The van der Waals surface area contributed by atoms with Crippen molar-refractivity contribution in [3.05, 3.63) is 64.3 Å². The second-order valence-electron chi connectivity index (χ2n) is 4.65. The molecule has 0 amide bonds. The zero-order valence-electron chi connectivity index (χ0n) is 11.4. The van der Waals surface area contributed by atoms with Gasteiger partial charge in [-0.15, -0.1) is 0 Å². The topological polar surface area (TPSA) is 70.2 Å². The minimum Gasteiger partial charge on any atom is -0.497 e. The lowest BCUT2D eigenvalue weighted by Crippen LogP contribution is -2.00. The van der Waals surface area contributed by atoms with Crippen molar-refractivity contribution >= 4 is 16.6 Å². The number of hydrogen-bond acceptors (Lipinski definition) is 4. The average molecular weight is 283 g/mol. The summed E-state index contributed by atoms with van der Waals surface area (Å²) in [4.78, 5) is 10.6. The van der Waals surface area contributed by atoms with E-state index in [1.165, 1.54) is 6.07 Å². The van der Waals surface area contributed by atoms with Crippen LogP contribution in [0.2, 0.25) is 0 Å². The quantitative estimate of drug-likeness (QED) is 0.545. The summed E-state index contributed by atoms with van der Waals surface area (Å²) in [5, 5.41) is 15.9. The predicted molar refractivity (Wildman–Crippen MR) is 78.5 cm³/mol. The summed E-state index contributed by atoms with van der Waals surface area (Å²) < 4.78 is 6.88. The van der Waals surface area contributed by atoms with Crippen molar-refractivity contribution in [3.63, 3.8) is 0 Å². The van der Waals surface area contributed by atoms with Crippen LogP contribution in [0, 0.1) is 10.1 Å². The third-order valence-corrected chi connectivity index (χ3v) is 3.25. The molecule has 0 radical (unpaired) electrons. The molecule has 0 aliphatic rings. The zero-order valence-corrected chi connectivity index (χ0v) is 11.4. The zero-order chi connectivity index (χ0) is 14.8. The van der Waals surface area contributed by atoms with E-state index in [1.54, 1.807) is 30.1 Å². The molecule has 0 atom stereocenters. The molecular weight excluding hydrogens is 270 g/mol. The van der Waals surface area contributed by atoms with E-state index in [0.717, 1.165) is 11.3 Å². The van der Waals surface area contributed by atoms with E-state index in [4.69, 9.17) is 4.74 Å². The molecule has 106 valence electrons. The van der Waals surface area contributed by atoms with Gasteiger partial charge in [0.15, 0.2) is 0 Å². The highest BCUT2D eigenvalue weighted by atomic mass is 16.6. The number of nitro groups is 1. The Bertz CT molecular complexity index is 811. The SMILES string of the molecule is COc1cccc(Cn2cc3c([N+](=O)[O-])cccc3n2)c1. The van der Waals surface area contributed by atoms with Gasteiger partial charge in [0.05, 0.1) is 29.5 Å². The summed E-state index contributed by atoms with van der Waals surface area (Å²) >= 11 is 0. The number of fused-ring (bicyclic) bond motifs is 1. The van der Waals surface area contributed by atoms with Crippen LogP contribution in [0.1, 0.15) is 5.56 Å². The first-order valence-corrected chi connectivity index (χ1v) is 6.41. The number of non-ortho nitro benzene ring substituents is 1. The Balaban J connectivity index is 1.98. The van der Waals surface area contributed by atoms with Gasteiger partial charge in [-0.05, 0) is 23.8 Å². The maximum Gasteiger partial charge on any atom is 0.280 e. The number of nitro benzene ring substituents is 1. The lowest BCUT2D eigenvalue weighted by atomic mass is 10.2. The highest BCUT2D eigenvalue weighted by Gasteiger charge is 2.14. The van der Waals surface area contributed by atoms with Gasteiger partial charge in [0.2, 0.25) is 0 Å². The van der Waals surface area contributed by atoms with Gasteiger partial charge < -0.3 is 4.74 Å². The van der Waals surface area contributed by atoms with Crippen LogP contribution in [0.4, 0.5) is 5.69 Å². The Morgan fingerprint density at radius 1 is 1.29 bits per heavy atom. The number of methoxy groups -OCH3 is 1. The second-order valence-corrected chi connectivity index (χ2v) is 4.65. The number of hydrogen-bond donors (Lipinski definition) is 0. The smallest absolute Gasteiger partial charge is 0.280 e. The summed E-state index contributed by atoms with van der Waals surface area (Å²) in [5.74, 6) is 0.773. The first-order chi connectivity index (χ1) is 10.2. The first-order valence-electron chi connectivity index (χ1n) is 6.41. The van der Waals surface area contributed by atoms with Crippen molar-refractivity contribution in [3.8, 4) is 5.75 Å². The van der Waals surface area contributed by atoms with Gasteiger partial charge in [-0.3, -0.25) is 14.8 Å². The lowest BCUT2D eigenvalue weighted by molar-refractivity contribution is -0.383. The normalized spacial score (nSPS) is 10.7. The molecule has 1 heterocycles. The van der Waals surface area contributed by atoms with E-state index >= 15 is 0 Å². The molecule has 6 nitrogen and oxygen atoms in total. The van der Waals surface area contributed by atoms with E-state index in [1.807, 2.05) is 24.3 Å². The first kappa shape index (κ1) is 13.1. The average Bonchev–Trinajstić information content (AvgIpc) is 2.89.